The Balaban J connectivity index is 2.04. The Labute approximate surface area is 134 Å². The number of thiophene rings is 1. The highest BCUT2D eigenvalue weighted by Gasteiger charge is 2.20. The van der Waals surface area contributed by atoms with Gasteiger partial charge < -0.3 is 10.6 Å². The van der Waals surface area contributed by atoms with Gasteiger partial charge in [-0.15, -0.1) is 11.3 Å². The summed E-state index contributed by atoms with van der Waals surface area (Å²) in [5, 5.41) is 0.900. The highest BCUT2D eigenvalue weighted by atomic mass is 79.9. The first-order chi connectivity index (χ1) is 10.1. The zero-order valence-corrected chi connectivity index (χ0v) is 13.6. The lowest BCUT2D eigenvalue weighted by molar-refractivity contribution is 0.0997. The van der Waals surface area contributed by atoms with Gasteiger partial charge in [0.15, 0.2) is 0 Å². The second-order valence-electron chi connectivity index (χ2n) is 4.56. The van der Waals surface area contributed by atoms with E-state index in [2.05, 4.69) is 20.9 Å². The van der Waals surface area contributed by atoms with E-state index in [-0.39, 0.29) is 5.91 Å². The second-order valence-corrected chi connectivity index (χ2v) is 6.53. The normalized spacial score (nSPS) is 10.8. The van der Waals surface area contributed by atoms with Crippen LogP contribution < -0.4 is 10.6 Å². The Morgan fingerprint density at radius 1 is 1.38 bits per heavy atom. The first kappa shape index (κ1) is 14.0. The van der Waals surface area contributed by atoms with Crippen molar-refractivity contribution in [2.24, 2.45) is 0 Å². The molecule has 0 spiro atoms. The quantitative estimate of drug-likeness (QED) is 0.752. The number of amides is 1. The Hall–Kier alpha value is -1.92. The smallest absolute Gasteiger partial charge is 0.270 e. The molecule has 0 fully saturated rings. The van der Waals surface area contributed by atoms with Crippen molar-refractivity contribution < 1.29 is 4.79 Å². The van der Waals surface area contributed by atoms with Crippen LogP contribution in [-0.4, -0.2) is 17.9 Å². The van der Waals surface area contributed by atoms with E-state index in [9.17, 15) is 4.79 Å². The van der Waals surface area contributed by atoms with Crippen molar-refractivity contribution >= 4 is 54.6 Å². The monoisotopic (exact) mass is 361 g/mol. The van der Waals surface area contributed by atoms with Gasteiger partial charge in [0, 0.05) is 27.8 Å². The molecule has 21 heavy (non-hydrogen) atoms. The number of pyridine rings is 1. The molecule has 3 rings (SSSR count). The zero-order chi connectivity index (χ0) is 15.0. The van der Waals surface area contributed by atoms with Gasteiger partial charge in [0.25, 0.3) is 5.91 Å². The number of halogens is 1. The summed E-state index contributed by atoms with van der Waals surface area (Å²) in [5.41, 5.74) is 7.41. The maximum atomic E-state index is 12.6. The van der Waals surface area contributed by atoms with Gasteiger partial charge in [0.2, 0.25) is 0 Å². The molecule has 0 aliphatic rings. The van der Waals surface area contributed by atoms with Crippen LogP contribution in [0.3, 0.4) is 0 Å². The summed E-state index contributed by atoms with van der Waals surface area (Å²) in [6.45, 7) is 0. The van der Waals surface area contributed by atoms with Gasteiger partial charge in [0.05, 0.1) is 17.6 Å². The van der Waals surface area contributed by atoms with Gasteiger partial charge >= 0.3 is 0 Å². The summed E-state index contributed by atoms with van der Waals surface area (Å²) in [6, 6.07) is 9.47. The largest absolute Gasteiger partial charge is 0.397 e. The number of hydrogen-bond donors (Lipinski definition) is 1. The number of carbonyl (C=O) groups excluding carboxylic acids is 1. The van der Waals surface area contributed by atoms with Crippen molar-refractivity contribution in [2.75, 3.05) is 17.7 Å². The standard InChI is InChI=1S/C15H12BrN3OS/c1-19(10-3-2-6-18-8-10)15(20)14-13(17)11-7-9(16)4-5-12(11)21-14/h2-8H,17H2,1H3. The topological polar surface area (TPSA) is 59.2 Å². The maximum absolute atomic E-state index is 12.6. The zero-order valence-electron chi connectivity index (χ0n) is 11.2. The number of anilines is 2. The van der Waals surface area contributed by atoms with E-state index in [0.717, 1.165) is 20.2 Å². The molecular formula is C15H12BrN3OS. The number of benzene rings is 1. The fourth-order valence-electron chi connectivity index (χ4n) is 2.07. The van der Waals surface area contributed by atoms with Crippen LogP contribution >= 0.6 is 27.3 Å². The lowest BCUT2D eigenvalue weighted by Crippen LogP contribution is -2.26. The Morgan fingerprint density at radius 3 is 2.90 bits per heavy atom. The van der Waals surface area contributed by atoms with E-state index in [0.29, 0.717) is 10.6 Å². The van der Waals surface area contributed by atoms with Crippen LogP contribution in [0.5, 0.6) is 0 Å². The highest BCUT2D eigenvalue weighted by Crippen LogP contribution is 2.36. The van der Waals surface area contributed by atoms with Crippen molar-refractivity contribution in [3.8, 4) is 0 Å². The molecule has 0 saturated carbocycles. The van der Waals surface area contributed by atoms with Gasteiger partial charge in [-0.25, -0.2) is 0 Å². The van der Waals surface area contributed by atoms with Crippen LogP contribution in [0, 0.1) is 0 Å². The number of nitrogen functional groups attached to an aromatic ring is 1. The third kappa shape index (κ3) is 2.52. The fraction of sp³-hybridized carbons (Fsp3) is 0.0667. The van der Waals surface area contributed by atoms with E-state index in [1.165, 1.54) is 11.3 Å². The summed E-state index contributed by atoms with van der Waals surface area (Å²) in [4.78, 5) is 18.8. The van der Waals surface area contributed by atoms with Crippen molar-refractivity contribution in [3.63, 3.8) is 0 Å². The van der Waals surface area contributed by atoms with Crippen LogP contribution in [0.2, 0.25) is 0 Å². The van der Waals surface area contributed by atoms with Crippen molar-refractivity contribution in [2.45, 2.75) is 0 Å². The first-order valence-corrected chi connectivity index (χ1v) is 7.84. The molecule has 3 aromatic rings. The average Bonchev–Trinajstić information content (AvgIpc) is 2.83. The molecule has 0 unspecified atom stereocenters. The third-order valence-electron chi connectivity index (χ3n) is 3.22. The molecule has 6 heteroatoms. The lowest BCUT2D eigenvalue weighted by Gasteiger charge is -2.16. The van der Waals surface area contributed by atoms with Crippen LogP contribution in [0.4, 0.5) is 11.4 Å². The minimum Gasteiger partial charge on any atom is -0.397 e. The predicted molar refractivity (Wildman–Crippen MR) is 90.9 cm³/mol. The predicted octanol–water partition coefficient (Wildman–Crippen LogP) is 3.92. The number of hydrogen-bond acceptors (Lipinski definition) is 4. The Kier molecular flexibility index (Phi) is 3.65. The highest BCUT2D eigenvalue weighted by molar-refractivity contribution is 9.10. The van der Waals surface area contributed by atoms with E-state index < -0.39 is 0 Å². The number of fused-ring (bicyclic) bond motifs is 1. The lowest BCUT2D eigenvalue weighted by atomic mass is 10.2. The number of nitrogens with zero attached hydrogens (tertiary/aromatic N) is 2. The molecule has 2 aromatic heterocycles. The van der Waals surface area contributed by atoms with Crippen LogP contribution in [0.15, 0.2) is 47.2 Å². The second kappa shape index (κ2) is 5.46. The molecule has 0 bridgehead atoms. The molecule has 0 atom stereocenters. The van der Waals surface area contributed by atoms with E-state index in [1.807, 2.05) is 24.3 Å². The third-order valence-corrected chi connectivity index (χ3v) is 4.89. The molecule has 0 saturated heterocycles. The van der Waals surface area contributed by atoms with Crippen molar-refractivity contribution in [1.29, 1.82) is 0 Å². The molecule has 0 aliphatic carbocycles. The molecular weight excluding hydrogens is 350 g/mol. The number of aromatic nitrogens is 1. The van der Waals surface area contributed by atoms with Crippen molar-refractivity contribution in [3.05, 3.63) is 52.1 Å². The maximum Gasteiger partial charge on any atom is 0.270 e. The SMILES string of the molecule is CN(C(=O)c1sc2ccc(Br)cc2c1N)c1cccnc1. The first-order valence-electron chi connectivity index (χ1n) is 6.23. The molecule has 0 radical (unpaired) electrons. The molecule has 4 nitrogen and oxygen atoms in total. The molecule has 2 heterocycles. The van der Waals surface area contributed by atoms with Crippen LogP contribution in [0.1, 0.15) is 9.67 Å². The van der Waals surface area contributed by atoms with Crippen LogP contribution in [-0.2, 0) is 0 Å². The van der Waals surface area contributed by atoms with E-state index in [1.54, 1.807) is 30.4 Å². The van der Waals surface area contributed by atoms with Crippen molar-refractivity contribution in [1.82, 2.24) is 4.98 Å². The number of carbonyl (C=O) groups is 1. The average molecular weight is 362 g/mol. The summed E-state index contributed by atoms with van der Waals surface area (Å²) >= 11 is 4.83. The minimum atomic E-state index is -0.127. The molecule has 1 amide bonds. The van der Waals surface area contributed by atoms with Gasteiger partial charge in [-0.05, 0) is 30.3 Å². The summed E-state index contributed by atoms with van der Waals surface area (Å²) in [5.74, 6) is -0.127. The van der Waals surface area contributed by atoms with Crippen LogP contribution in [0.25, 0.3) is 10.1 Å². The molecule has 0 aliphatic heterocycles. The van der Waals surface area contributed by atoms with Gasteiger partial charge in [-0.2, -0.15) is 0 Å². The number of nitrogens with two attached hydrogens (primary N) is 1. The van der Waals surface area contributed by atoms with Gasteiger partial charge in [-0.3, -0.25) is 9.78 Å². The summed E-state index contributed by atoms with van der Waals surface area (Å²) in [7, 11) is 1.72. The van der Waals surface area contributed by atoms with Gasteiger partial charge in [0.1, 0.15) is 4.88 Å². The fourth-order valence-corrected chi connectivity index (χ4v) is 3.51. The minimum absolute atomic E-state index is 0.127. The molecule has 1 aromatic carbocycles. The Morgan fingerprint density at radius 2 is 2.19 bits per heavy atom. The Bertz CT molecular complexity index is 816. The number of rotatable bonds is 2. The summed E-state index contributed by atoms with van der Waals surface area (Å²) in [6.07, 6.45) is 3.32. The van der Waals surface area contributed by atoms with Gasteiger partial charge in [-0.1, -0.05) is 15.9 Å². The van der Waals surface area contributed by atoms with E-state index in [4.69, 9.17) is 5.73 Å². The van der Waals surface area contributed by atoms with E-state index >= 15 is 0 Å². The summed E-state index contributed by atoms with van der Waals surface area (Å²) < 4.78 is 1.94. The molecule has 2 N–H and O–H groups in total. The molecule has 106 valence electrons.